The first-order chi connectivity index (χ1) is 8.16. The van der Waals surface area contributed by atoms with Crippen molar-refractivity contribution in [3.8, 4) is 0 Å². The van der Waals surface area contributed by atoms with E-state index < -0.39 is 0 Å². The standard InChI is InChI=1S/C15H19FO/c1-9-7-11(16)6-5-10(9)8-14(17)15-12-3-2-4-13(12)15/h5-7,12-15,17H,2-4,8H2,1H3. The topological polar surface area (TPSA) is 20.2 Å². The van der Waals surface area contributed by atoms with Crippen molar-refractivity contribution < 1.29 is 9.50 Å². The van der Waals surface area contributed by atoms with Crippen LogP contribution in [0, 0.1) is 30.5 Å². The molecule has 2 fully saturated rings. The van der Waals surface area contributed by atoms with Gasteiger partial charge in [-0.2, -0.15) is 0 Å². The summed E-state index contributed by atoms with van der Waals surface area (Å²) in [5.74, 6) is 1.90. The molecule has 0 aliphatic heterocycles. The van der Waals surface area contributed by atoms with E-state index >= 15 is 0 Å². The summed E-state index contributed by atoms with van der Waals surface area (Å²) < 4.78 is 13.0. The third-order valence-corrected chi connectivity index (χ3v) is 4.65. The van der Waals surface area contributed by atoms with E-state index in [0.717, 1.165) is 23.0 Å². The van der Waals surface area contributed by atoms with Gasteiger partial charge in [0.25, 0.3) is 0 Å². The number of hydrogen-bond acceptors (Lipinski definition) is 1. The Kier molecular flexibility index (Phi) is 2.70. The lowest BCUT2D eigenvalue weighted by atomic mass is 9.97. The molecule has 0 amide bonds. The second kappa shape index (κ2) is 4.09. The number of aryl methyl sites for hydroxylation is 1. The molecular formula is C15H19FO. The molecule has 2 aliphatic rings. The molecule has 2 aliphatic carbocycles. The van der Waals surface area contributed by atoms with Gasteiger partial charge in [-0.25, -0.2) is 4.39 Å². The molecule has 3 rings (SSSR count). The van der Waals surface area contributed by atoms with Gasteiger partial charge in [0.1, 0.15) is 5.82 Å². The van der Waals surface area contributed by atoms with Gasteiger partial charge in [0, 0.05) is 0 Å². The molecule has 3 atom stereocenters. The highest BCUT2D eigenvalue weighted by Gasteiger charge is 2.55. The Labute approximate surface area is 102 Å². The number of benzene rings is 1. The van der Waals surface area contributed by atoms with Crippen LogP contribution in [-0.4, -0.2) is 11.2 Å². The maximum Gasteiger partial charge on any atom is 0.123 e. The molecule has 2 saturated carbocycles. The molecule has 1 nitrogen and oxygen atoms in total. The molecule has 17 heavy (non-hydrogen) atoms. The van der Waals surface area contributed by atoms with Crippen LogP contribution in [0.25, 0.3) is 0 Å². The molecule has 0 aromatic heterocycles. The fraction of sp³-hybridized carbons (Fsp3) is 0.600. The monoisotopic (exact) mass is 234 g/mol. The Bertz CT molecular complexity index is 419. The molecule has 0 bridgehead atoms. The SMILES string of the molecule is Cc1cc(F)ccc1CC(O)C1C2CCCC21. The van der Waals surface area contributed by atoms with E-state index in [9.17, 15) is 9.50 Å². The zero-order valence-electron chi connectivity index (χ0n) is 10.2. The average Bonchev–Trinajstić information content (AvgIpc) is 2.77. The van der Waals surface area contributed by atoms with E-state index in [1.54, 1.807) is 6.07 Å². The molecule has 2 heteroatoms. The number of hydrogen-bond donors (Lipinski definition) is 1. The molecule has 3 unspecified atom stereocenters. The molecule has 92 valence electrons. The predicted octanol–water partition coefficient (Wildman–Crippen LogP) is 3.08. The van der Waals surface area contributed by atoms with Gasteiger partial charge in [-0.05, 0) is 67.2 Å². The highest BCUT2D eigenvalue weighted by atomic mass is 19.1. The highest BCUT2D eigenvalue weighted by molar-refractivity contribution is 5.27. The van der Waals surface area contributed by atoms with Crippen molar-refractivity contribution in [2.75, 3.05) is 0 Å². The zero-order chi connectivity index (χ0) is 12.0. The Morgan fingerprint density at radius 1 is 1.35 bits per heavy atom. The Morgan fingerprint density at radius 3 is 2.71 bits per heavy atom. The zero-order valence-corrected chi connectivity index (χ0v) is 10.2. The Balaban J connectivity index is 1.66. The first-order valence-electron chi connectivity index (χ1n) is 6.60. The van der Waals surface area contributed by atoms with Crippen LogP contribution in [-0.2, 0) is 6.42 Å². The molecular weight excluding hydrogens is 215 g/mol. The summed E-state index contributed by atoms with van der Waals surface area (Å²) in [4.78, 5) is 0. The van der Waals surface area contributed by atoms with Gasteiger partial charge >= 0.3 is 0 Å². The van der Waals surface area contributed by atoms with Gasteiger partial charge < -0.3 is 5.11 Å². The maximum absolute atomic E-state index is 13.0. The van der Waals surface area contributed by atoms with Gasteiger partial charge in [0.15, 0.2) is 0 Å². The number of aliphatic hydroxyl groups excluding tert-OH is 1. The van der Waals surface area contributed by atoms with Gasteiger partial charge in [0.05, 0.1) is 6.10 Å². The van der Waals surface area contributed by atoms with Crippen LogP contribution in [0.4, 0.5) is 4.39 Å². The minimum atomic E-state index is -0.227. The van der Waals surface area contributed by atoms with Crippen molar-refractivity contribution in [1.82, 2.24) is 0 Å². The second-order valence-corrected chi connectivity index (χ2v) is 5.68. The van der Waals surface area contributed by atoms with Crippen molar-refractivity contribution in [2.45, 2.75) is 38.7 Å². The Hall–Kier alpha value is -0.890. The summed E-state index contributed by atoms with van der Waals surface area (Å²) in [5.41, 5.74) is 2.04. The van der Waals surface area contributed by atoms with Crippen molar-refractivity contribution >= 4 is 0 Å². The van der Waals surface area contributed by atoms with E-state index in [1.807, 2.05) is 13.0 Å². The van der Waals surface area contributed by atoms with Gasteiger partial charge in [-0.3, -0.25) is 0 Å². The predicted molar refractivity (Wildman–Crippen MR) is 65.2 cm³/mol. The van der Waals surface area contributed by atoms with Crippen LogP contribution in [0.1, 0.15) is 30.4 Å². The molecule has 1 aromatic rings. The minimum Gasteiger partial charge on any atom is -0.392 e. The summed E-state index contributed by atoms with van der Waals surface area (Å²) >= 11 is 0. The van der Waals surface area contributed by atoms with Gasteiger partial charge in [0.2, 0.25) is 0 Å². The number of fused-ring (bicyclic) bond motifs is 1. The summed E-state index contributed by atoms with van der Waals surface area (Å²) in [6.45, 7) is 1.92. The van der Waals surface area contributed by atoms with Gasteiger partial charge in [-0.1, -0.05) is 12.5 Å². The molecule has 1 N–H and O–H groups in total. The van der Waals surface area contributed by atoms with Crippen molar-refractivity contribution in [3.63, 3.8) is 0 Å². The normalized spacial score (nSPS) is 32.3. The number of rotatable bonds is 3. The lowest BCUT2D eigenvalue weighted by Gasteiger charge is -2.14. The first-order valence-corrected chi connectivity index (χ1v) is 6.60. The van der Waals surface area contributed by atoms with Crippen LogP contribution < -0.4 is 0 Å². The largest absolute Gasteiger partial charge is 0.392 e. The van der Waals surface area contributed by atoms with Crippen LogP contribution in [0.5, 0.6) is 0 Å². The summed E-state index contributed by atoms with van der Waals surface area (Å²) in [6, 6.07) is 4.85. The lowest BCUT2D eigenvalue weighted by Crippen LogP contribution is -2.17. The number of halogens is 1. The average molecular weight is 234 g/mol. The van der Waals surface area contributed by atoms with E-state index in [2.05, 4.69) is 0 Å². The van der Waals surface area contributed by atoms with Crippen molar-refractivity contribution in [1.29, 1.82) is 0 Å². The summed E-state index contributed by atoms with van der Waals surface area (Å²) in [7, 11) is 0. The number of aliphatic hydroxyl groups is 1. The van der Waals surface area contributed by atoms with Crippen LogP contribution in [0.3, 0.4) is 0 Å². The molecule has 0 saturated heterocycles. The summed E-state index contributed by atoms with van der Waals surface area (Å²) in [6.07, 6.45) is 4.40. The minimum absolute atomic E-state index is 0.191. The quantitative estimate of drug-likeness (QED) is 0.852. The third-order valence-electron chi connectivity index (χ3n) is 4.65. The first kappa shape index (κ1) is 11.2. The fourth-order valence-electron chi connectivity index (χ4n) is 3.70. The fourth-order valence-corrected chi connectivity index (χ4v) is 3.70. The van der Waals surface area contributed by atoms with Gasteiger partial charge in [-0.15, -0.1) is 0 Å². The Morgan fingerprint density at radius 2 is 2.06 bits per heavy atom. The summed E-state index contributed by atoms with van der Waals surface area (Å²) in [5, 5.41) is 10.2. The van der Waals surface area contributed by atoms with Crippen LogP contribution in [0.15, 0.2) is 18.2 Å². The third kappa shape index (κ3) is 1.99. The van der Waals surface area contributed by atoms with E-state index in [1.165, 1.54) is 25.3 Å². The van der Waals surface area contributed by atoms with Crippen molar-refractivity contribution in [2.24, 2.45) is 17.8 Å². The van der Waals surface area contributed by atoms with E-state index in [0.29, 0.717) is 12.3 Å². The van der Waals surface area contributed by atoms with Crippen molar-refractivity contribution in [3.05, 3.63) is 35.1 Å². The lowest BCUT2D eigenvalue weighted by molar-refractivity contribution is 0.135. The maximum atomic E-state index is 13.0. The smallest absolute Gasteiger partial charge is 0.123 e. The van der Waals surface area contributed by atoms with E-state index in [4.69, 9.17) is 0 Å². The molecule has 0 heterocycles. The van der Waals surface area contributed by atoms with Crippen LogP contribution >= 0.6 is 0 Å². The molecule has 0 spiro atoms. The highest BCUT2D eigenvalue weighted by Crippen LogP contribution is 2.59. The van der Waals surface area contributed by atoms with E-state index in [-0.39, 0.29) is 11.9 Å². The molecule has 1 aromatic carbocycles. The molecule has 0 radical (unpaired) electrons. The van der Waals surface area contributed by atoms with Crippen LogP contribution in [0.2, 0.25) is 0 Å². The second-order valence-electron chi connectivity index (χ2n) is 5.68.